The lowest BCUT2D eigenvalue weighted by Crippen LogP contribution is -2.04. The maximum absolute atomic E-state index is 9.31. The summed E-state index contributed by atoms with van der Waals surface area (Å²) < 4.78 is 0.405. The standard InChI is InChI=1S/C17H6IN9/c1-6-8(3-19)24-13-11-14(25-9(4-20)7(2)22-11)16-15(12(13)23-6)26-10(5-21)17(18)27-16/h1-2H3. The summed E-state index contributed by atoms with van der Waals surface area (Å²) in [6, 6.07) is 6.01. The van der Waals surface area contributed by atoms with Gasteiger partial charge in [0.25, 0.3) is 0 Å². The lowest BCUT2D eigenvalue weighted by atomic mass is 10.1. The molecule has 0 aliphatic carbocycles. The number of rotatable bonds is 0. The van der Waals surface area contributed by atoms with E-state index in [0.717, 1.165) is 0 Å². The molecule has 27 heavy (non-hydrogen) atoms. The van der Waals surface area contributed by atoms with Crippen LogP contribution in [0, 0.1) is 51.5 Å². The Morgan fingerprint density at radius 1 is 0.556 bits per heavy atom. The van der Waals surface area contributed by atoms with Gasteiger partial charge in [-0.15, -0.1) is 0 Å². The monoisotopic (exact) mass is 463 g/mol. The summed E-state index contributed by atoms with van der Waals surface area (Å²) in [6.45, 7) is 3.34. The zero-order valence-corrected chi connectivity index (χ0v) is 16.1. The van der Waals surface area contributed by atoms with E-state index in [1.165, 1.54) is 0 Å². The molecule has 4 aromatic rings. The zero-order chi connectivity index (χ0) is 19.3. The first-order valence-electron chi connectivity index (χ1n) is 7.54. The van der Waals surface area contributed by atoms with Gasteiger partial charge in [-0.1, -0.05) is 0 Å². The SMILES string of the molecule is Cc1nc2c3nc(C#N)c(C)nc3c3nc(C#N)c(I)nc3c2nc1C#N. The molecule has 0 aliphatic rings. The normalized spacial score (nSPS) is 10.7. The summed E-state index contributed by atoms with van der Waals surface area (Å²) in [7, 11) is 0. The van der Waals surface area contributed by atoms with Crippen molar-refractivity contribution in [2.45, 2.75) is 13.8 Å². The van der Waals surface area contributed by atoms with E-state index in [0.29, 0.717) is 48.2 Å². The second kappa shape index (κ2) is 6.01. The number of halogens is 1. The Kier molecular flexibility index (Phi) is 3.76. The molecule has 9 nitrogen and oxygen atoms in total. The van der Waals surface area contributed by atoms with Gasteiger partial charge in [-0.25, -0.2) is 29.9 Å². The van der Waals surface area contributed by atoms with Crippen molar-refractivity contribution < 1.29 is 0 Å². The van der Waals surface area contributed by atoms with Crippen LogP contribution in [-0.4, -0.2) is 29.9 Å². The number of nitrogens with zero attached hydrogens (tertiary/aromatic N) is 9. The number of fused-ring (bicyclic) bond motifs is 6. The van der Waals surface area contributed by atoms with Crippen LogP contribution in [0.2, 0.25) is 0 Å². The molecule has 0 N–H and O–H groups in total. The molecule has 0 amide bonds. The van der Waals surface area contributed by atoms with E-state index in [9.17, 15) is 15.8 Å². The Balaban J connectivity index is 2.39. The van der Waals surface area contributed by atoms with Crippen molar-refractivity contribution in [1.82, 2.24) is 29.9 Å². The molecule has 0 fully saturated rings. The van der Waals surface area contributed by atoms with Crippen molar-refractivity contribution >= 4 is 55.7 Å². The summed E-state index contributed by atoms with van der Waals surface area (Å²) in [4.78, 5) is 26.5. The summed E-state index contributed by atoms with van der Waals surface area (Å²) in [5.74, 6) is 0. The van der Waals surface area contributed by atoms with Gasteiger partial charge in [-0.05, 0) is 36.4 Å². The fourth-order valence-corrected chi connectivity index (χ4v) is 3.21. The van der Waals surface area contributed by atoms with Crippen LogP contribution in [0.25, 0.3) is 33.1 Å². The molecule has 126 valence electrons. The smallest absolute Gasteiger partial charge is 0.173 e. The van der Waals surface area contributed by atoms with Gasteiger partial charge in [0.15, 0.2) is 17.1 Å². The molecule has 0 saturated heterocycles. The third-order valence-electron chi connectivity index (χ3n) is 3.98. The van der Waals surface area contributed by atoms with Crippen LogP contribution < -0.4 is 0 Å². The van der Waals surface area contributed by atoms with E-state index in [1.54, 1.807) is 13.8 Å². The van der Waals surface area contributed by atoms with Crippen LogP contribution in [0.1, 0.15) is 28.5 Å². The van der Waals surface area contributed by atoms with E-state index in [4.69, 9.17) is 0 Å². The number of hydrogen-bond donors (Lipinski definition) is 0. The van der Waals surface area contributed by atoms with Crippen molar-refractivity contribution in [1.29, 1.82) is 15.8 Å². The second-order valence-corrected chi connectivity index (χ2v) is 6.63. The van der Waals surface area contributed by atoms with Crippen molar-refractivity contribution in [2.24, 2.45) is 0 Å². The Bertz CT molecular complexity index is 1230. The van der Waals surface area contributed by atoms with E-state index in [-0.39, 0.29) is 17.1 Å². The first-order chi connectivity index (χ1) is 13.0. The summed E-state index contributed by atoms with van der Waals surface area (Å²) in [5.41, 5.74) is 3.46. The minimum Gasteiger partial charge on any atom is -0.246 e. The number of aromatic nitrogens is 6. The zero-order valence-electron chi connectivity index (χ0n) is 13.9. The molecular weight excluding hydrogens is 457 g/mol. The topological polar surface area (TPSA) is 149 Å². The fourth-order valence-electron chi connectivity index (χ4n) is 2.73. The lowest BCUT2D eigenvalue weighted by Gasteiger charge is -2.10. The fraction of sp³-hybridized carbons (Fsp3) is 0.118. The van der Waals surface area contributed by atoms with Crippen LogP contribution in [-0.2, 0) is 0 Å². The van der Waals surface area contributed by atoms with E-state index in [1.807, 2.05) is 40.8 Å². The molecule has 0 bridgehead atoms. The Morgan fingerprint density at radius 3 is 1.30 bits per heavy atom. The van der Waals surface area contributed by atoms with E-state index in [2.05, 4.69) is 29.9 Å². The molecule has 0 atom stereocenters. The Morgan fingerprint density at radius 2 is 0.889 bits per heavy atom. The second-order valence-electron chi connectivity index (χ2n) is 5.61. The third kappa shape index (κ3) is 2.40. The quantitative estimate of drug-likeness (QED) is 0.283. The third-order valence-corrected chi connectivity index (χ3v) is 4.74. The molecule has 1 aromatic carbocycles. The van der Waals surface area contributed by atoms with Crippen LogP contribution in [0.4, 0.5) is 0 Å². The number of benzene rings is 1. The summed E-state index contributed by atoms with van der Waals surface area (Å²) in [6.07, 6.45) is 0. The maximum Gasteiger partial charge on any atom is 0.173 e. The van der Waals surface area contributed by atoms with Crippen molar-refractivity contribution in [3.63, 3.8) is 0 Å². The molecule has 0 spiro atoms. The molecule has 0 aliphatic heterocycles. The molecule has 0 unspecified atom stereocenters. The van der Waals surface area contributed by atoms with Gasteiger partial charge in [0.2, 0.25) is 0 Å². The molecular formula is C17H6IN9. The lowest BCUT2D eigenvalue weighted by molar-refractivity contribution is 1.12. The summed E-state index contributed by atoms with van der Waals surface area (Å²) >= 11 is 1.92. The van der Waals surface area contributed by atoms with Crippen molar-refractivity contribution in [3.05, 3.63) is 32.2 Å². The average molecular weight is 463 g/mol. The maximum atomic E-state index is 9.31. The highest BCUT2D eigenvalue weighted by molar-refractivity contribution is 14.1. The highest BCUT2D eigenvalue weighted by Crippen LogP contribution is 2.31. The van der Waals surface area contributed by atoms with Gasteiger partial charge in [-0.3, -0.25) is 0 Å². The Labute approximate surface area is 165 Å². The van der Waals surface area contributed by atoms with Crippen LogP contribution in [0.15, 0.2) is 0 Å². The highest BCUT2D eigenvalue weighted by atomic mass is 127. The molecule has 0 radical (unpaired) electrons. The van der Waals surface area contributed by atoms with Crippen molar-refractivity contribution in [3.8, 4) is 18.2 Å². The number of nitriles is 3. The molecule has 4 rings (SSSR count). The molecule has 0 saturated carbocycles. The number of aryl methyl sites for hydroxylation is 2. The first kappa shape index (κ1) is 16.9. The minimum atomic E-state index is 0.146. The Hall–Kier alpha value is -3.56. The highest BCUT2D eigenvalue weighted by Gasteiger charge is 2.20. The number of hydrogen-bond acceptors (Lipinski definition) is 9. The predicted molar refractivity (Wildman–Crippen MR) is 102 cm³/mol. The van der Waals surface area contributed by atoms with Gasteiger partial charge in [-0.2, -0.15) is 15.8 Å². The van der Waals surface area contributed by atoms with Crippen LogP contribution >= 0.6 is 22.6 Å². The van der Waals surface area contributed by atoms with Crippen LogP contribution in [0.3, 0.4) is 0 Å². The molecule has 3 aromatic heterocycles. The van der Waals surface area contributed by atoms with Crippen molar-refractivity contribution in [2.75, 3.05) is 0 Å². The summed E-state index contributed by atoms with van der Waals surface area (Å²) in [5, 5.41) is 27.9. The molecule has 10 heteroatoms. The van der Waals surface area contributed by atoms with Crippen LogP contribution in [0.5, 0.6) is 0 Å². The van der Waals surface area contributed by atoms with Gasteiger partial charge < -0.3 is 0 Å². The largest absolute Gasteiger partial charge is 0.246 e. The average Bonchev–Trinajstić information content (AvgIpc) is 2.67. The molecule has 3 heterocycles. The minimum absolute atomic E-state index is 0.146. The van der Waals surface area contributed by atoms with Gasteiger partial charge in [0.05, 0.1) is 11.4 Å². The predicted octanol–water partition coefficient (Wildman–Crippen LogP) is 2.35. The van der Waals surface area contributed by atoms with E-state index < -0.39 is 0 Å². The van der Waals surface area contributed by atoms with Gasteiger partial charge in [0, 0.05) is 0 Å². The van der Waals surface area contributed by atoms with Gasteiger partial charge in [0.1, 0.15) is 55.0 Å². The van der Waals surface area contributed by atoms with E-state index >= 15 is 0 Å². The first-order valence-corrected chi connectivity index (χ1v) is 8.62. The van der Waals surface area contributed by atoms with Gasteiger partial charge >= 0.3 is 0 Å².